The molecule has 0 fully saturated rings. The summed E-state index contributed by atoms with van der Waals surface area (Å²) in [5, 5.41) is 0. The van der Waals surface area contributed by atoms with E-state index in [2.05, 4.69) is 12.8 Å². The number of terminal acetylenes is 1. The largest absolute Gasteiger partial charge is 0.330 e. The molecule has 0 heterocycles. The van der Waals surface area contributed by atoms with Crippen LogP contribution >= 0.6 is 0 Å². The molecule has 0 spiro atoms. The van der Waals surface area contributed by atoms with Gasteiger partial charge in [0.15, 0.2) is 0 Å². The Labute approximate surface area is 93.6 Å². The predicted molar refractivity (Wildman–Crippen MR) is 64.4 cm³/mol. The van der Waals surface area contributed by atoms with E-state index < -0.39 is 0 Å². The van der Waals surface area contributed by atoms with Crippen LogP contribution in [0.3, 0.4) is 0 Å². The first-order valence-electron chi connectivity index (χ1n) is 5.89. The number of ketones is 1. The van der Waals surface area contributed by atoms with E-state index in [9.17, 15) is 4.79 Å². The van der Waals surface area contributed by atoms with Crippen LogP contribution in [-0.2, 0) is 4.79 Å². The van der Waals surface area contributed by atoms with Crippen LogP contribution in [-0.4, -0.2) is 12.3 Å². The van der Waals surface area contributed by atoms with Gasteiger partial charge in [0, 0.05) is 19.3 Å². The lowest BCUT2D eigenvalue weighted by molar-refractivity contribution is -0.119. The molecular weight excluding hydrogens is 186 g/mol. The fourth-order valence-corrected chi connectivity index (χ4v) is 1.78. The first kappa shape index (κ1) is 14.2. The molecule has 0 saturated heterocycles. The zero-order valence-corrected chi connectivity index (χ0v) is 9.80. The Balaban J connectivity index is 3.68. The molecule has 1 atom stereocenters. The number of rotatable bonds is 9. The van der Waals surface area contributed by atoms with Gasteiger partial charge in [-0.3, -0.25) is 4.79 Å². The Kier molecular flexibility index (Phi) is 9.21. The Morgan fingerprint density at radius 1 is 1.33 bits per heavy atom. The molecule has 1 unspecified atom stereocenters. The van der Waals surface area contributed by atoms with E-state index >= 15 is 0 Å². The van der Waals surface area contributed by atoms with Gasteiger partial charge >= 0.3 is 0 Å². The molecular formula is C13H23NO. The highest BCUT2D eigenvalue weighted by Gasteiger charge is 2.09. The number of hydrogen-bond donors (Lipinski definition) is 1. The third kappa shape index (κ3) is 8.20. The maximum absolute atomic E-state index is 11.4. The van der Waals surface area contributed by atoms with Crippen molar-refractivity contribution < 1.29 is 4.79 Å². The van der Waals surface area contributed by atoms with E-state index in [1.807, 2.05) is 0 Å². The maximum Gasteiger partial charge on any atom is 0.133 e. The average molecular weight is 209 g/mol. The lowest BCUT2D eigenvalue weighted by Gasteiger charge is -2.13. The Bertz CT molecular complexity index is 199. The van der Waals surface area contributed by atoms with Crippen LogP contribution in [0.2, 0.25) is 0 Å². The normalized spacial score (nSPS) is 12.1. The van der Waals surface area contributed by atoms with Crippen molar-refractivity contribution in [2.45, 2.75) is 51.9 Å². The molecule has 2 N–H and O–H groups in total. The summed E-state index contributed by atoms with van der Waals surface area (Å²) in [6, 6.07) is 0. The van der Waals surface area contributed by atoms with Crippen LogP contribution < -0.4 is 5.73 Å². The molecule has 0 bridgehead atoms. The number of Topliss-reactive ketones (excluding diaryl/α,β-unsaturated/α-hetero) is 1. The smallest absolute Gasteiger partial charge is 0.133 e. The SMILES string of the molecule is C#CCCC(=O)CCC(CCC)CCN. The molecule has 0 aromatic rings. The topological polar surface area (TPSA) is 43.1 Å². The summed E-state index contributed by atoms with van der Waals surface area (Å²) in [4.78, 5) is 11.4. The summed E-state index contributed by atoms with van der Waals surface area (Å²) >= 11 is 0. The van der Waals surface area contributed by atoms with Crippen molar-refractivity contribution in [1.82, 2.24) is 0 Å². The molecule has 0 rings (SSSR count). The maximum atomic E-state index is 11.4. The molecule has 0 aromatic carbocycles. The van der Waals surface area contributed by atoms with E-state index in [1.54, 1.807) is 0 Å². The van der Waals surface area contributed by atoms with Crippen LogP contribution in [0, 0.1) is 18.3 Å². The highest BCUT2D eigenvalue weighted by atomic mass is 16.1. The van der Waals surface area contributed by atoms with Gasteiger partial charge in [0.05, 0.1) is 0 Å². The summed E-state index contributed by atoms with van der Waals surface area (Å²) in [6.45, 7) is 2.90. The molecule has 0 aliphatic heterocycles. The van der Waals surface area contributed by atoms with Crippen LogP contribution in [0.25, 0.3) is 0 Å². The molecule has 2 heteroatoms. The first-order valence-corrected chi connectivity index (χ1v) is 5.89. The molecule has 0 aromatic heterocycles. The average Bonchev–Trinajstić information content (AvgIpc) is 2.23. The third-order valence-corrected chi connectivity index (χ3v) is 2.65. The summed E-state index contributed by atoms with van der Waals surface area (Å²) in [5.41, 5.74) is 5.53. The fraction of sp³-hybridized carbons (Fsp3) is 0.769. The predicted octanol–water partition coefficient (Wildman–Crippen LogP) is 2.51. The van der Waals surface area contributed by atoms with Gasteiger partial charge in [0.2, 0.25) is 0 Å². The van der Waals surface area contributed by atoms with Gasteiger partial charge in [0.25, 0.3) is 0 Å². The number of nitrogens with two attached hydrogens (primary N) is 1. The monoisotopic (exact) mass is 209 g/mol. The molecule has 0 radical (unpaired) electrons. The zero-order chi connectivity index (χ0) is 11.5. The Hall–Kier alpha value is -0.810. The molecule has 2 nitrogen and oxygen atoms in total. The molecule has 0 aliphatic carbocycles. The molecule has 15 heavy (non-hydrogen) atoms. The minimum Gasteiger partial charge on any atom is -0.330 e. The number of hydrogen-bond acceptors (Lipinski definition) is 2. The van der Waals surface area contributed by atoms with Crippen LogP contribution in [0.15, 0.2) is 0 Å². The van der Waals surface area contributed by atoms with Crippen LogP contribution in [0.5, 0.6) is 0 Å². The van der Waals surface area contributed by atoms with Gasteiger partial charge < -0.3 is 5.73 Å². The van der Waals surface area contributed by atoms with E-state index in [-0.39, 0.29) is 0 Å². The minimum atomic E-state index is 0.297. The first-order chi connectivity index (χ1) is 7.24. The molecule has 0 aliphatic rings. The molecule has 0 amide bonds. The number of carbonyl (C=O) groups is 1. The van der Waals surface area contributed by atoms with Crippen LogP contribution in [0.4, 0.5) is 0 Å². The van der Waals surface area contributed by atoms with E-state index in [4.69, 9.17) is 12.2 Å². The highest BCUT2D eigenvalue weighted by Crippen LogP contribution is 2.17. The van der Waals surface area contributed by atoms with Crippen molar-refractivity contribution in [2.75, 3.05) is 6.54 Å². The summed E-state index contributed by atoms with van der Waals surface area (Å²) in [5.74, 6) is 3.41. The van der Waals surface area contributed by atoms with Crippen molar-refractivity contribution in [3.63, 3.8) is 0 Å². The second-order valence-corrected chi connectivity index (χ2v) is 4.01. The third-order valence-electron chi connectivity index (χ3n) is 2.65. The van der Waals surface area contributed by atoms with Gasteiger partial charge in [-0.1, -0.05) is 19.8 Å². The Morgan fingerprint density at radius 3 is 2.60 bits per heavy atom. The van der Waals surface area contributed by atoms with Gasteiger partial charge in [-0.05, 0) is 25.3 Å². The van der Waals surface area contributed by atoms with Crippen molar-refractivity contribution in [2.24, 2.45) is 11.7 Å². The van der Waals surface area contributed by atoms with E-state index in [1.165, 1.54) is 12.8 Å². The van der Waals surface area contributed by atoms with Gasteiger partial charge in [-0.25, -0.2) is 0 Å². The standard InChI is InChI=1S/C13H23NO/c1-3-5-7-13(15)9-8-12(6-4-2)10-11-14/h1,12H,4-11,14H2,2H3. The minimum absolute atomic E-state index is 0.297. The summed E-state index contributed by atoms with van der Waals surface area (Å²) < 4.78 is 0. The second-order valence-electron chi connectivity index (χ2n) is 4.01. The van der Waals surface area contributed by atoms with Crippen molar-refractivity contribution >= 4 is 5.78 Å². The lowest BCUT2D eigenvalue weighted by atomic mass is 9.93. The highest BCUT2D eigenvalue weighted by molar-refractivity contribution is 5.78. The fourth-order valence-electron chi connectivity index (χ4n) is 1.78. The van der Waals surface area contributed by atoms with Crippen LogP contribution in [0.1, 0.15) is 51.9 Å². The van der Waals surface area contributed by atoms with Crippen molar-refractivity contribution in [3.05, 3.63) is 0 Å². The van der Waals surface area contributed by atoms with Crippen molar-refractivity contribution in [3.8, 4) is 12.3 Å². The quantitative estimate of drug-likeness (QED) is 0.593. The zero-order valence-electron chi connectivity index (χ0n) is 9.80. The summed E-state index contributed by atoms with van der Waals surface area (Å²) in [6.07, 6.45) is 11.3. The molecule has 0 saturated carbocycles. The summed E-state index contributed by atoms with van der Waals surface area (Å²) in [7, 11) is 0. The van der Waals surface area contributed by atoms with E-state index in [0.29, 0.717) is 31.0 Å². The molecule has 86 valence electrons. The van der Waals surface area contributed by atoms with Crippen molar-refractivity contribution in [1.29, 1.82) is 0 Å². The van der Waals surface area contributed by atoms with Gasteiger partial charge in [-0.15, -0.1) is 12.3 Å². The number of carbonyl (C=O) groups excluding carboxylic acids is 1. The Morgan fingerprint density at radius 2 is 2.07 bits per heavy atom. The van der Waals surface area contributed by atoms with Gasteiger partial charge in [-0.2, -0.15) is 0 Å². The van der Waals surface area contributed by atoms with Gasteiger partial charge in [0.1, 0.15) is 5.78 Å². The van der Waals surface area contributed by atoms with E-state index in [0.717, 1.165) is 19.4 Å². The lowest BCUT2D eigenvalue weighted by Crippen LogP contribution is -2.10. The second kappa shape index (κ2) is 9.73.